The second kappa shape index (κ2) is 10.1. The summed E-state index contributed by atoms with van der Waals surface area (Å²) in [4.78, 5) is 23.5. The first-order valence-electron chi connectivity index (χ1n) is 8.47. The van der Waals surface area contributed by atoms with E-state index in [9.17, 15) is 14.7 Å². The smallest absolute Gasteiger partial charge is 0.407 e. The average molecular weight is 389 g/mol. The number of carboxylic acid groups (broad SMARTS) is 1. The zero-order valence-corrected chi connectivity index (χ0v) is 15.9. The highest BCUT2D eigenvalue weighted by molar-refractivity contribution is 5.72. The fraction of sp³-hybridized carbons (Fsp3) is 0.300. The zero-order chi connectivity index (χ0) is 20.5. The van der Waals surface area contributed by atoms with Gasteiger partial charge in [-0.2, -0.15) is 0 Å². The van der Waals surface area contributed by atoms with Crippen LogP contribution >= 0.6 is 0 Å². The predicted molar refractivity (Wildman–Crippen MR) is 101 cm³/mol. The van der Waals surface area contributed by atoms with E-state index >= 15 is 0 Å². The molecule has 0 unspecified atom stereocenters. The van der Waals surface area contributed by atoms with Crippen LogP contribution in [0.2, 0.25) is 0 Å². The van der Waals surface area contributed by atoms with Gasteiger partial charge in [0, 0.05) is 0 Å². The molecule has 150 valence electrons. The Hall–Kier alpha value is -3.42. The van der Waals surface area contributed by atoms with Gasteiger partial charge < -0.3 is 29.4 Å². The summed E-state index contributed by atoms with van der Waals surface area (Å²) in [5.74, 6) is -0.00465. The molecule has 0 heterocycles. The van der Waals surface area contributed by atoms with Crippen molar-refractivity contribution in [1.29, 1.82) is 0 Å². The lowest BCUT2D eigenvalue weighted by atomic mass is 10.0. The number of aliphatic carboxylic acids is 1. The van der Waals surface area contributed by atoms with Gasteiger partial charge in [-0.1, -0.05) is 30.3 Å². The summed E-state index contributed by atoms with van der Waals surface area (Å²) >= 11 is 0. The summed E-state index contributed by atoms with van der Waals surface area (Å²) in [6.45, 7) is 0.0712. The van der Waals surface area contributed by atoms with Gasteiger partial charge in [0.15, 0.2) is 11.5 Å². The highest BCUT2D eigenvalue weighted by atomic mass is 16.5. The molecule has 0 saturated heterocycles. The molecule has 1 atom stereocenters. The number of carbonyl (C=O) groups excluding carboxylic acids is 1. The van der Waals surface area contributed by atoms with Crippen LogP contribution in [0, 0.1) is 0 Å². The van der Waals surface area contributed by atoms with Gasteiger partial charge in [0.1, 0.15) is 6.61 Å². The number of carboxylic acids is 1. The lowest BCUT2D eigenvalue weighted by Gasteiger charge is -2.20. The Kier molecular flexibility index (Phi) is 7.50. The third-order valence-electron chi connectivity index (χ3n) is 3.97. The molecule has 1 amide bonds. The van der Waals surface area contributed by atoms with Crippen molar-refractivity contribution in [3.8, 4) is 17.2 Å². The second-order valence-electron chi connectivity index (χ2n) is 5.82. The molecular weight excluding hydrogens is 366 g/mol. The van der Waals surface area contributed by atoms with Gasteiger partial charge >= 0.3 is 12.1 Å². The van der Waals surface area contributed by atoms with E-state index in [2.05, 4.69) is 5.32 Å². The lowest BCUT2D eigenvalue weighted by Crippen LogP contribution is -2.30. The Morgan fingerprint density at radius 3 is 2.11 bits per heavy atom. The number of ether oxygens (including phenoxy) is 4. The molecule has 0 aliphatic heterocycles. The first kappa shape index (κ1) is 20.9. The van der Waals surface area contributed by atoms with Gasteiger partial charge in [-0.05, 0) is 23.3 Å². The van der Waals surface area contributed by atoms with Crippen LogP contribution in [0.5, 0.6) is 17.2 Å². The van der Waals surface area contributed by atoms with Crippen LogP contribution in [0.25, 0.3) is 0 Å². The second-order valence-corrected chi connectivity index (χ2v) is 5.82. The number of hydrogen-bond acceptors (Lipinski definition) is 6. The molecule has 2 aromatic carbocycles. The highest BCUT2D eigenvalue weighted by Crippen LogP contribution is 2.40. The van der Waals surface area contributed by atoms with E-state index in [0.717, 1.165) is 5.56 Å². The van der Waals surface area contributed by atoms with Crippen molar-refractivity contribution in [3.05, 3.63) is 53.6 Å². The Bertz CT molecular complexity index is 782. The maximum Gasteiger partial charge on any atom is 0.407 e. The minimum atomic E-state index is -1.08. The van der Waals surface area contributed by atoms with Crippen molar-refractivity contribution in [2.45, 2.75) is 19.1 Å². The molecule has 8 heteroatoms. The van der Waals surface area contributed by atoms with E-state index in [1.54, 1.807) is 12.1 Å². The van der Waals surface area contributed by atoms with Crippen LogP contribution in [0.3, 0.4) is 0 Å². The van der Waals surface area contributed by atoms with Crippen LogP contribution in [-0.2, 0) is 16.1 Å². The standard InChI is InChI=1S/C20H23NO7/c1-25-16-9-14(10-17(26-2)19(16)27-3)15(11-18(22)23)21-20(24)28-12-13-7-5-4-6-8-13/h4-10,15H,11-12H2,1-3H3,(H,21,24)(H,22,23)/t15-/m0/s1. The highest BCUT2D eigenvalue weighted by Gasteiger charge is 2.23. The van der Waals surface area contributed by atoms with E-state index in [0.29, 0.717) is 22.8 Å². The number of amides is 1. The Balaban J connectivity index is 2.20. The number of nitrogens with one attached hydrogen (secondary N) is 1. The number of alkyl carbamates (subject to hydrolysis) is 1. The van der Waals surface area contributed by atoms with Gasteiger partial charge in [-0.15, -0.1) is 0 Å². The van der Waals surface area contributed by atoms with Crippen LogP contribution in [-0.4, -0.2) is 38.5 Å². The van der Waals surface area contributed by atoms with E-state index in [1.807, 2.05) is 30.3 Å². The summed E-state index contributed by atoms with van der Waals surface area (Å²) in [5.41, 5.74) is 1.30. The fourth-order valence-corrected chi connectivity index (χ4v) is 2.64. The van der Waals surface area contributed by atoms with Crippen LogP contribution in [0.4, 0.5) is 4.79 Å². The SMILES string of the molecule is COc1cc([C@H](CC(=O)O)NC(=O)OCc2ccccc2)cc(OC)c1OC. The van der Waals surface area contributed by atoms with Gasteiger partial charge in [-0.3, -0.25) is 4.79 Å². The van der Waals surface area contributed by atoms with Crippen molar-refractivity contribution in [3.63, 3.8) is 0 Å². The first-order chi connectivity index (χ1) is 13.5. The molecule has 8 nitrogen and oxygen atoms in total. The molecule has 0 saturated carbocycles. The zero-order valence-electron chi connectivity index (χ0n) is 15.9. The van der Waals surface area contributed by atoms with Crippen molar-refractivity contribution >= 4 is 12.1 Å². The number of benzene rings is 2. The monoisotopic (exact) mass is 389 g/mol. The molecule has 0 aliphatic carbocycles. The van der Waals surface area contributed by atoms with Crippen LogP contribution in [0.1, 0.15) is 23.6 Å². The van der Waals surface area contributed by atoms with E-state index in [1.165, 1.54) is 21.3 Å². The molecule has 2 rings (SSSR count). The van der Waals surface area contributed by atoms with Gasteiger partial charge in [0.25, 0.3) is 0 Å². The number of rotatable bonds is 9. The molecule has 0 aliphatic rings. The first-order valence-corrected chi connectivity index (χ1v) is 8.47. The van der Waals surface area contributed by atoms with Gasteiger partial charge in [-0.25, -0.2) is 4.79 Å². The summed E-state index contributed by atoms with van der Waals surface area (Å²) in [6, 6.07) is 11.5. The van der Waals surface area contributed by atoms with Gasteiger partial charge in [0.05, 0.1) is 33.8 Å². The van der Waals surface area contributed by atoms with Crippen molar-refractivity contribution in [2.24, 2.45) is 0 Å². The minimum absolute atomic E-state index is 0.0712. The lowest BCUT2D eigenvalue weighted by molar-refractivity contribution is -0.137. The van der Waals surface area contributed by atoms with E-state index in [-0.39, 0.29) is 13.0 Å². The normalized spacial score (nSPS) is 11.2. The molecule has 2 N–H and O–H groups in total. The summed E-state index contributed by atoms with van der Waals surface area (Å²) in [6.07, 6.45) is -1.08. The quantitative estimate of drug-likeness (QED) is 0.679. The van der Waals surface area contributed by atoms with Crippen LogP contribution < -0.4 is 19.5 Å². The number of methoxy groups -OCH3 is 3. The molecule has 28 heavy (non-hydrogen) atoms. The number of hydrogen-bond donors (Lipinski definition) is 2. The van der Waals surface area contributed by atoms with E-state index < -0.39 is 18.1 Å². The van der Waals surface area contributed by atoms with E-state index in [4.69, 9.17) is 18.9 Å². The van der Waals surface area contributed by atoms with Crippen molar-refractivity contribution < 1.29 is 33.6 Å². The maximum absolute atomic E-state index is 12.2. The largest absolute Gasteiger partial charge is 0.493 e. The molecule has 0 aromatic heterocycles. The third kappa shape index (κ3) is 5.54. The minimum Gasteiger partial charge on any atom is -0.493 e. The van der Waals surface area contributed by atoms with Crippen molar-refractivity contribution in [1.82, 2.24) is 5.32 Å². The summed E-state index contributed by atoms with van der Waals surface area (Å²) in [7, 11) is 4.37. The van der Waals surface area contributed by atoms with Crippen molar-refractivity contribution in [2.75, 3.05) is 21.3 Å². The molecule has 0 radical (unpaired) electrons. The van der Waals surface area contributed by atoms with Gasteiger partial charge in [0.2, 0.25) is 5.75 Å². The summed E-state index contributed by atoms with van der Waals surface area (Å²) in [5, 5.41) is 11.8. The topological polar surface area (TPSA) is 103 Å². The molecule has 0 bridgehead atoms. The molecule has 0 fully saturated rings. The predicted octanol–water partition coefficient (Wildman–Crippen LogP) is 3.15. The fourth-order valence-electron chi connectivity index (χ4n) is 2.64. The van der Waals surface area contributed by atoms with Crippen LogP contribution in [0.15, 0.2) is 42.5 Å². The average Bonchev–Trinajstić information content (AvgIpc) is 2.71. The maximum atomic E-state index is 12.2. The molecular formula is C20H23NO7. The number of carbonyl (C=O) groups is 2. The Labute approximate surface area is 163 Å². The Morgan fingerprint density at radius 2 is 1.61 bits per heavy atom. The molecule has 2 aromatic rings. The molecule has 0 spiro atoms. The third-order valence-corrected chi connectivity index (χ3v) is 3.97. The Morgan fingerprint density at radius 1 is 1.00 bits per heavy atom. The summed E-state index contributed by atoms with van der Waals surface area (Å²) < 4.78 is 21.0.